The molecule has 0 saturated carbocycles. The van der Waals surface area contributed by atoms with Crippen molar-refractivity contribution in [2.45, 2.75) is 33.2 Å². The number of aryl methyl sites for hydroxylation is 1. The van der Waals surface area contributed by atoms with E-state index in [1.165, 1.54) is 12.3 Å². The standard InChI is InChI=1S/C13H18N2O5/c1-8-9(5-6-19-8)11(17)20-7-10(16)14-12(18)15-13(2,3)4/h5-6H,7H2,1-4H3,(H2,14,15,16,18). The Bertz CT molecular complexity index is 513. The first-order valence-corrected chi connectivity index (χ1v) is 6.02. The van der Waals surface area contributed by atoms with E-state index in [9.17, 15) is 14.4 Å². The summed E-state index contributed by atoms with van der Waals surface area (Å²) in [6.07, 6.45) is 1.35. The Kier molecular flexibility index (Phi) is 4.90. The molecule has 0 unspecified atom stereocenters. The minimum absolute atomic E-state index is 0.247. The van der Waals surface area contributed by atoms with E-state index in [0.717, 1.165) is 0 Å². The summed E-state index contributed by atoms with van der Waals surface area (Å²) in [6.45, 7) is 6.39. The van der Waals surface area contributed by atoms with Crippen molar-refractivity contribution < 1.29 is 23.5 Å². The highest BCUT2D eigenvalue weighted by Crippen LogP contribution is 2.09. The van der Waals surface area contributed by atoms with E-state index in [-0.39, 0.29) is 5.56 Å². The van der Waals surface area contributed by atoms with Crippen molar-refractivity contribution in [2.75, 3.05) is 6.61 Å². The quantitative estimate of drug-likeness (QED) is 0.816. The van der Waals surface area contributed by atoms with Crippen molar-refractivity contribution in [1.29, 1.82) is 0 Å². The summed E-state index contributed by atoms with van der Waals surface area (Å²) in [4.78, 5) is 34.4. The van der Waals surface area contributed by atoms with Gasteiger partial charge in [0.15, 0.2) is 6.61 Å². The molecule has 0 atom stereocenters. The van der Waals surface area contributed by atoms with E-state index in [2.05, 4.69) is 10.6 Å². The third-order valence-electron chi connectivity index (χ3n) is 2.15. The predicted molar refractivity (Wildman–Crippen MR) is 70.2 cm³/mol. The predicted octanol–water partition coefficient (Wildman–Crippen LogP) is 1.37. The Morgan fingerprint density at radius 3 is 2.45 bits per heavy atom. The summed E-state index contributed by atoms with van der Waals surface area (Å²) >= 11 is 0. The average molecular weight is 282 g/mol. The number of hydrogen-bond acceptors (Lipinski definition) is 5. The van der Waals surface area contributed by atoms with E-state index in [0.29, 0.717) is 5.76 Å². The Morgan fingerprint density at radius 1 is 1.30 bits per heavy atom. The number of carbonyl (C=O) groups excluding carboxylic acids is 3. The molecule has 110 valence electrons. The Balaban J connectivity index is 2.39. The van der Waals surface area contributed by atoms with Crippen molar-refractivity contribution >= 4 is 17.9 Å². The zero-order valence-electron chi connectivity index (χ0n) is 11.9. The molecule has 0 fully saturated rings. The molecule has 20 heavy (non-hydrogen) atoms. The summed E-state index contributed by atoms with van der Waals surface area (Å²) in [6, 6.07) is 0.806. The molecule has 0 aliphatic rings. The molecule has 1 heterocycles. The largest absolute Gasteiger partial charge is 0.469 e. The monoisotopic (exact) mass is 282 g/mol. The van der Waals surface area contributed by atoms with Gasteiger partial charge in [-0.05, 0) is 33.8 Å². The fourth-order valence-electron chi connectivity index (χ4n) is 1.34. The van der Waals surface area contributed by atoms with Crippen LogP contribution in [-0.4, -0.2) is 30.1 Å². The zero-order valence-corrected chi connectivity index (χ0v) is 11.9. The summed E-state index contributed by atoms with van der Waals surface area (Å²) in [5.41, 5.74) is -0.216. The molecule has 3 amide bonds. The van der Waals surface area contributed by atoms with Crippen molar-refractivity contribution in [1.82, 2.24) is 10.6 Å². The van der Waals surface area contributed by atoms with Crippen molar-refractivity contribution in [3.05, 3.63) is 23.7 Å². The fraction of sp³-hybridized carbons (Fsp3) is 0.462. The van der Waals surface area contributed by atoms with Crippen LogP contribution in [0.2, 0.25) is 0 Å². The molecule has 0 radical (unpaired) electrons. The number of urea groups is 1. The van der Waals surface area contributed by atoms with Gasteiger partial charge in [0.1, 0.15) is 11.3 Å². The second-order valence-corrected chi connectivity index (χ2v) is 5.22. The molecule has 0 aliphatic heterocycles. The van der Waals surface area contributed by atoms with E-state index < -0.39 is 30.1 Å². The number of carbonyl (C=O) groups is 3. The second-order valence-electron chi connectivity index (χ2n) is 5.22. The van der Waals surface area contributed by atoms with Crippen LogP contribution >= 0.6 is 0 Å². The minimum atomic E-state index is -0.707. The highest BCUT2D eigenvalue weighted by atomic mass is 16.5. The highest BCUT2D eigenvalue weighted by molar-refractivity contribution is 5.97. The van der Waals surface area contributed by atoms with Gasteiger partial charge in [0, 0.05) is 5.54 Å². The van der Waals surface area contributed by atoms with Crippen LogP contribution in [0.3, 0.4) is 0 Å². The molecule has 7 nitrogen and oxygen atoms in total. The first kappa shape index (κ1) is 15.7. The van der Waals surface area contributed by atoms with E-state index in [4.69, 9.17) is 9.15 Å². The molecule has 0 spiro atoms. The van der Waals surface area contributed by atoms with Crippen LogP contribution in [0.15, 0.2) is 16.7 Å². The maximum atomic E-state index is 11.6. The Morgan fingerprint density at radius 2 is 1.95 bits per heavy atom. The number of ether oxygens (including phenoxy) is 1. The van der Waals surface area contributed by atoms with Crippen LogP contribution in [0, 0.1) is 6.92 Å². The first-order valence-electron chi connectivity index (χ1n) is 6.02. The van der Waals surface area contributed by atoms with Gasteiger partial charge in [-0.2, -0.15) is 0 Å². The zero-order chi connectivity index (χ0) is 15.3. The fourth-order valence-corrected chi connectivity index (χ4v) is 1.34. The first-order chi connectivity index (χ1) is 9.19. The molecule has 1 aromatic heterocycles. The third kappa shape index (κ3) is 5.13. The summed E-state index contributed by atoms with van der Waals surface area (Å²) in [5, 5.41) is 4.61. The normalized spacial score (nSPS) is 10.8. The number of nitrogens with one attached hydrogen (secondary N) is 2. The van der Waals surface area contributed by atoms with Gasteiger partial charge < -0.3 is 14.5 Å². The van der Waals surface area contributed by atoms with E-state index in [1.807, 2.05) is 0 Å². The van der Waals surface area contributed by atoms with Gasteiger partial charge in [0.2, 0.25) is 0 Å². The van der Waals surface area contributed by atoms with Crippen molar-refractivity contribution in [3.8, 4) is 0 Å². The van der Waals surface area contributed by atoms with Crippen molar-refractivity contribution in [2.24, 2.45) is 0 Å². The number of furan rings is 1. The molecule has 0 aromatic carbocycles. The third-order valence-corrected chi connectivity index (χ3v) is 2.15. The maximum Gasteiger partial charge on any atom is 0.342 e. The van der Waals surface area contributed by atoms with Crippen LogP contribution in [0.5, 0.6) is 0 Å². The molecule has 0 saturated heterocycles. The van der Waals surface area contributed by atoms with Gasteiger partial charge in [-0.15, -0.1) is 0 Å². The van der Waals surface area contributed by atoms with Gasteiger partial charge >= 0.3 is 12.0 Å². The number of hydrogen-bond donors (Lipinski definition) is 2. The van der Waals surface area contributed by atoms with Gasteiger partial charge in [0.25, 0.3) is 5.91 Å². The lowest BCUT2D eigenvalue weighted by atomic mass is 10.1. The maximum absolute atomic E-state index is 11.6. The molecule has 0 bridgehead atoms. The van der Waals surface area contributed by atoms with Crippen LogP contribution < -0.4 is 10.6 Å². The molecular formula is C13H18N2O5. The Labute approximate surface area is 116 Å². The van der Waals surface area contributed by atoms with Crippen molar-refractivity contribution in [3.63, 3.8) is 0 Å². The SMILES string of the molecule is Cc1occc1C(=O)OCC(=O)NC(=O)NC(C)(C)C. The molecule has 1 rings (SSSR count). The van der Waals surface area contributed by atoms with Crippen LogP contribution in [0.1, 0.15) is 36.9 Å². The van der Waals surface area contributed by atoms with Crippen LogP contribution in [0.25, 0.3) is 0 Å². The van der Waals surface area contributed by atoms with Gasteiger partial charge in [-0.25, -0.2) is 9.59 Å². The Hall–Kier alpha value is -2.31. The average Bonchev–Trinajstić information content (AvgIpc) is 2.69. The summed E-state index contributed by atoms with van der Waals surface area (Å²) < 4.78 is 9.72. The molecule has 1 aromatic rings. The number of esters is 1. The highest BCUT2D eigenvalue weighted by Gasteiger charge is 2.18. The number of amides is 3. The lowest BCUT2D eigenvalue weighted by Gasteiger charge is -2.20. The van der Waals surface area contributed by atoms with Crippen LogP contribution in [0.4, 0.5) is 4.79 Å². The van der Waals surface area contributed by atoms with Crippen LogP contribution in [-0.2, 0) is 9.53 Å². The van der Waals surface area contributed by atoms with E-state index in [1.54, 1.807) is 27.7 Å². The van der Waals surface area contributed by atoms with Gasteiger partial charge in [-0.3, -0.25) is 10.1 Å². The number of rotatable bonds is 3. The summed E-state index contributed by atoms with van der Waals surface area (Å²) in [5.74, 6) is -0.982. The lowest BCUT2D eigenvalue weighted by molar-refractivity contribution is -0.123. The summed E-state index contributed by atoms with van der Waals surface area (Å²) in [7, 11) is 0. The lowest BCUT2D eigenvalue weighted by Crippen LogP contribution is -2.49. The topological polar surface area (TPSA) is 97.6 Å². The van der Waals surface area contributed by atoms with E-state index >= 15 is 0 Å². The number of imide groups is 1. The van der Waals surface area contributed by atoms with Gasteiger partial charge in [-0.1, -0.05) is 0 Å². The second kappa shape index (κ2) is 6.23. The smallest absolute Gasteiger partial charge is 0.342 e. The molecule has 7 heteroatoms. The van der Waals surface area contributed by atoms with Gasteiger partial charge in [0.05, 0.1) is 6.26 Å². The molecule has 0 aliphatic carbocycles. The molecule has 2 N–H and O–H groups in total. The minimum Gasteiger partial charge on any atom is -0.469 e. The molecular weight excluding hydrogens is 264 g/mol.